The fraction of sp³-hybridized carbons (Fsp3) is 0.263. The van der Waals surface area contributed by atoms with Gasteiger partial charge in [0, 0.05) is 30.9 Å². The predicted molar refractivity (Wildman–Crippen MR) is 108 cm³/mol. The van der Waals surface area contributed by atoms with Crippen LogP contribution in [0, 0.1) is 0 Å². The van der Waals surface area contributed by atoms with Gasteiger partial charge in [0.25, 0.3) is 5.91 Å². The quantitative estimate of drug-likeness (QED) is 0.664. The fourth-order valence-electron chi connectivity index (χ4n) is 2.53. The van der Waals surface area contributed by atoms with Gasteiger partial charge in [-0.2, -0.15) is 13.2 Å². The summed E-state index contributed by atoms with van der Waals surface area (Å²) in [4.78, 5) is 15.8. The van der Waals surface area contributed by atoms with Crippen LogP contribution >= 0.6 is 24.8 Å². The number of nitrogens with zero attached hydrogens (tertiary/aromatic N) is 1. The fourth-order valence-corrected chi connectivity index (χ4v) is 2.53. The van der Waals surface area contributed by atoms with E-state index in [-0.39, 0.29) is 36.6 Å². The molecular weight excluding hydrogens is 430 g/mol. The van der Waals surface area contributed by atoms with E-state index in [1.165, 1.54) is 5.57 Å². The van der Waals surface area contributed by atoms with E-state index in [0.717, 1.165) is 31.6 Å². The summed E-state index contributed by atoms with van der Waals surface area (Å²) in [6.07, 6.45) is -0.748. The molecule has 10 heteroatoms. The van der Waals surface area contributed by atoms with Gasteiger partial charge in [-0.3, -0.25) is 4.79 Å². The van der Waals surface area contributed by atoms with Gasteiger partial charge in [0.15, 0.2) is 0 Å². The van der Waals surface area contributed by atoms with Gasteiger partial charge < -0.3 is 15.4 Å². The highest BCUT2D eigenvalue weighted by Crippen LogP contribution is 2.30. The number of pyridine rings is 1. The Kier molecular flexibility index (Phi) is 9.42. The molecule has 29 heavy (non-hydrogen) atoms. The van der Waals surface area contributed by atoms with E-state index in [0.29, 0.717) is 24.1 Å². The number of hydrogen-bond donors (Lipinski definition) is 2. The molecule has 1 aliphatic heterocycles. The minimum absolute atomic E-state index is 0. The number of benzene rings is 1. The van der Waals surface area contributed by atoms with Crippen molar-refractivity contribution in [1.82, 2.24) is 15.6 Å². The Bertz CT molecular complexity index is 826. The van der Waals surface area contributed by atoms with Crippen LogP contribution in [0.1, 0.15) is 22.3 Å². The number of aromatic nitrogens is 1. The first-order chi connectivity index (χ1) is 12.9. The van der Waals surface area contributed by atoms with Gasteiger partial charge in [0.05, 0.1) is 5.56 Å². The third-order valence-electron chi connectivity index (χ3n) is 4.04. The van der Waals surface area contributed by atoms with Gasteiger partial charge in [0.2, 0.25) is 5.88 Å². The van der Waals surface area contributed by atoms with Crippen molar-refractivity contribution in [1.29, 1.82) is 0 Å². The molecule has 1 aromatic carbocycles. The first kappa shape index (κ1) is 24.7. The summed E-state index contributed by atoms with van der Waals surface area (Å²) in [6, 6.07) is 8.36. The van der Waals surface area contributed by atoms with E-state index in [1.54, 1.807) is 24.3 Å². The maximum Gasteiger partial charge on any atom is 0.417 e. The Morgan fingerprint density at radius 2 is 1.86 bits per heavy atom. The lowest BCUT2D eigenvalue weighted by Crippen LogP contribution is -2.29. The normalized spacial score (nSPS) is 13.4. The summed E-state index contributed by atoms with van der Waals surface area (Å²) in [7, 11) is 0. The number of rotatable bonds is 5. The summed E-state index contributed by atoms with van der Waals surface area (Å²) in [5.74, 6) is 0.214. The lowest BCUT2D eigenvalue weighted by molar-refractivity contribution is -0.137. The van der Waals surface area contributed by atoms with Gasteiger partial charge in [-0.1, -0.05) is 11.6 Å². The summed E-state index contributed by atoms with van der Waals surface area (Å²) < 4.78 is 43.0. The van der Waals surface area contributed by atoms with Crippen LogP contribution in [0.3, 0.4) is 0 Å². The Hall–Kier alpha value is -2.29. The first-order valence-corrected chi connectivity index (χ1v) is 8.40. The van der Waals surface area contributed by atoms with Crippen LogP contribution in [0.25, 0.3) is 0 Å². The number of ether oxygens (including phenoxy) is 1. The number of carbonyl (C=O) groups is 1. The summed E-state index contributed by atoms with van der Waals surface area (Å²) >= 11 is 0. The van der Waals surface area contributed by atoms with Crippen LogP contribution in [0.2, 0.25) is 0 Å². The second-order valence-corrected chi connectivity index (χ2v) is 6.01. The van der Waals surface area contributed by atoms with Crippen LogP contribution in [-0.4, -0.2) is 30.5 Å². The van der Waals surface area contributed by atoms with E-state index in [2.05, 4.69) is 21.7 Å². The van der Waals surface area contributed by atoms with Gasteiger partial charge in [-0.15, -0.1) is 24.8 Å². The van der Waals surface area contributed by atoms with Crippen LogP contribution in [0.4, 0.5) is 13.2 Å². The molecule has 0 unspecified atom stereocenters. The zero-order valence-electron chi connectivity index (χ0n) is 15.2. The van der Waals surface area contributed by atoms with Gasteiger partial charge >= 0.3 is 6.18 Å². The second-order valence-electron chi connectivity index (χ2n) is 6.01. The molecule has 0 saturated carbocycles. The highest BCUT2D eigenvalue weighted by molar-refractivity contribution is 5.94. The van der Waals surface area contributed by atoms with Crippen LogP contribution in [0.15, 0.2) is 54.2 Å². The number of amides is 1. The summed E-state index contributed by atoms with van der Waals surface area (Å²) in [5, 5.41) is 6.07. The van der Waals surface area contributed by atoms with Gasteiger partial charge in [-0.05, 0) is 43.3 Å². The molecule has 0 bridgehead atoms. The van der Waals surface area contributed by atoms with Crippen LogP contribution in [0.5, 0.6) is 11.6 Å². The summed E-state index contributed by atoms with van der Waals surface area (Å²) in [5.41, 5.74) is 0.818. The van der Waals surface area contributed by atoms with Crippen molar-refractivity contribution in [2.24, 2.45) is 0 Å². The third-order valence-corrected chi connectivity index (χ3v) is 4.04. The molecule has 1 amide bonds. The Balaban J connectivity index is 0.00000210. The van der Waals surface area contributed by atoms with Crippen LogP contribution < -0.4 is 15.4 Å². The smallest absolute Gasteiger partial charge is 0.417 e. The van der Waals surface area contributed by atoms with Crippen molar-refractivity contribution in [3.05, 3.63) is 65.4 Å². The molecule has 5 nitrogen and oxygen atoms in total. The molecule has 1 aromatic heterocycles. The highest BCUT2D eigenvalue weighted by Gasteiger charge is 2.30. The lowest BCUT2D eigenvalue weighted by Gasteiger charge is -2.14. The Morgan fingerprint density at radius 1 is 1.14 bits per heavy atom. The molecule has 2 aromatic rings. The lowest BCUT2D eigenvalue weighted by atomic mass is 10.1. The monoisotopic (exact) mass is 449 g/mol. The van der Waals surface area contributed by atoms with Crippen molar-refractivity contribution < 1.29 is 22.7 Å². The minimum atomic E-state index is -4.44. The average Bonchev–Trinajstić information content (AvgIpc) is 2.67. The molecule has 3 rings (SSSR count). The largest absolute Gasteiger partial charge is 0.439 e. The third kappa shape index (κ3) is 7.23. The number of hydrogen-bond acceptors (Lipinski definition) is 4. The molecule has 0 radical (unpaired) electrons. The molecule has 0 atom stereocenters. The molecule has 0 spiro atoms. The second kappa shape index (κ2) is 11.0. The molecule has 0 saturated heterocycles. The molecule has 1 aliphatic rings. The van der Waals surface area contributed by atoms with Gasteiger partial charge in [-0.25, -0.2) is 4.98 Å². The van der Waals surface area contributed by atoms with E-state index in [1.807, 2.05) is 0 Å². The van der Waals surface area contributed by atoms with Crippen molar-refractivity contribution in [3.8, 4) is 11.6 Å². The molecule has 0 fully saturated rings. The van der Waals surface area contributed by atoms with E-state index in [9.17, 15) is 18.0 Å². The number of alkyl halides is 3. The zero-order chi connectivity index (χ0) is 19.3. The zero-order valence-corrected chi connectivity index (χ0v) is 16.8. The van der Waals surface area contributed by atoms with Crippen LogP contribution in [-0.2, 0) is 6.18 Å². The van der Waals surface area contributed by atoms with Crippen molar-refractivity contribution in [3.63, 3.8) is 0 Å². The summed E-state index contributed by atoms with van der Waals surface area (Å²) in [6.45, 7) is 2.23. The minimum Gasteiger partial charge on any atom is -0.439 e. The number of carbonyl (C=O) groups excluding carboxylic acids is 1. The Morgan fingerprint density at radius 3 is 2.41 bits per heavy atom. The SMILES string of the molecule is Cl.Cl.O=C(NCC1=CCNCC1)c1ccc(Oc2ccc(C(F)(F)F)cn2)cc1. The molecule has 2 N–H and O–H groups in total. The topological polar surface area (TPSA) is 63.2 Å². The average molecular weight is 450 g/mol. The number of halogens is 5. The van der Waals surface area contributed by atoms with Crippen molar-refractivity contribution in [2.75, 3.05) is 19.6 Å². The molecule has 2 heterocycles. The Labute approximate surface area is 178 Å². The van der Waals surface area contributed by atoms with E-state index >= 15 is 0 Å². The standard InChI is InChI=1S/C19H18F3N3O2.2ClH/c20-19(21,22)15-3-6-17(24-12-15)27-16-4-1-14(2-5-16)18(26)25-11-13-7-9-23-10-8-13;;/h1-7,12,23H,8-11H2,(H,25,26);2*1H. The molecule has 158 valence electrons. The van der Waals surface area contributed by atoms with Gasteiger partial charge in [0.1, 0.15) is 5.75 Å². The first-order valence-electron chi connectivity index (χ1n) is 8.40. The maximum absolute atomic E-state index is 12.5. The van der Waals surface area contributed by atoms with E-state index < -0.39 is 11.7 Å². The number of nitrogens with one attached hydrogen (secondary N) is 2. The maximum atomic E-state index is 12.5. The van der Waals surface area contributed by atoms with Crippen molar-refractivity contribution in [2.45, 2.75) is 12.6 Å². The van der Waals surface area contributed by atoms with E-state index in [4.69, 9.17) is 4.74 Å². The highest BCUT2D eigenvalue weighted by atomic mass is 35.5. The van der Waals surface area contributed by atoms with Crippen molar-refractivity contribution >= 4 is 30.7 Å². The molecular formula is C19H20Cl2F3N3O2. The molecule has 0 aliphatic carbocycles. The predicted octanol–water partition coefficient (Wildman–Crippen LogP) is 4.39.